The Morgan fingerprint density at radius 1 is 1.21 bits per heavy atom. The summed E-state index contributed by atoms with van der Waals surface area (Å²) < 4.78 is 9.93. The molecule has 0 aliphatic heterocycles. The molecular formula is C16H28N2O6. The number of amides is 2. The lowest BCUT2D eigenvalue weighted by Gasteiger charge is -2.20. The van der Waals surface area contributed by atoms with Gasteiger partial charge in [-0.15, -0.1) is 6.58 Å². The lowest BCUT2D eigenvalue weighted by Crippen LogP contribution is -2.41. The number of carboxylic acid groups (broad SMARTS) is 1. The quantitative estimate of drug-likeness (QED) is 0.414. The van der Waals surface area contributed by atoms with Crippen molar-refractivity contribution in [1.82, 2.24) is 10.6 Å². The summed E-state index contributed by atoms with van der Waals surface area (Å²) in [5, 5.41) is 13.9. The fourth-order valence-electron chi connectivity index (χ4n) is 1.64. The van der Waals surface area contributed by atoms with Crippen LogP contribution in [0.4, 0.5) is 9.59 Å². The zero-order chi connectivity index (χ0) is 18.6. The summed E-state index contributed by atoms with van der Waals surface area (Å²) in [6, 6.07) is -1.07. The van der Waals surface area contributed by atoms with Gasteiger partial charge in [-0.2, -0.15) is 0 Å². The third-order valence-corrected chi connectivity index (χ3v) is 2.71. The molecule has 8 heteroatoms. The molecule has 2 amide bonds. The lowest BCUT2D eigenvalue weighted by atomic mass is 10.1. The number of carboxylic acids is 1. The molecular weight excluding hydrogens is 316 g/mol. The van der Waals surface area contributed by atoms with E-state index in [1.165, 1.54) is 0 Å². The molecule has 0 aromatic rings. The second-order valence-corrected chi connectivity index (χ2v) is 6.17. The summed E-state index contributed by atoms with van der Waals surface area (Å²) in [4.78, 5) is 34.1. The molecule has 0 rings (SSSR count). The monoisotopic (exact) mass is 344 g/mol. The van der Waals surface area contributed by atoms with E-state index < -0.39 is 29.8 Å². The maximum Gasteiger partial charge on any atom is 0.407 e. The van der Waals surface area contributed by atoms with Crippen LogP contribution in [0.25, 0.3) is 0 Å². The number of hydrogen-bond donors (Lipinski definition) is 3. The van der Waals surface area contributed by atoms with E-state index in [4.69, 9.17) is 14.6 Å². The smallest absolute Gasteiger partial charge is 0.407 e. The molecule has 0 aromatic heterocycles. The van der Waals surface area contributed by atoms with Gasteiger partial charge in [-0.05, 0) is 46.5 Å². The van der Waals surface area contributed by atoms with Crippen LogP contribution in [0, 0.1) is 0 Å². The molecule has 1 atom stereocenters. The summed E-state index contributed by atoms with van der Waals surface area (Å²) >= 11 is 0. The van der Waals surface area contributed by atoms with Gasteiger partial charge in [0.25, 0.3) is 0 Å². The van der Waals surface area contributed by atoms with Crippen molar-refractivity contribution < 1.29 is 29.0 Å². The van der Waals surface area contributed by atoms with Crippen LogP contribution in [0.5, 0.6) is 0 Å². The minimum absolute atomic E-state index is 0.160. The molecule has 0 heterocycles. The van der Waals surface area contributed by atoms with E-state index in [-0.39, 0.29) is 19.6 Å². The SMILES string of the molecule is C=CCCCOC(=O)N[C@@H](CCCNC(=O)OC(C)(C)C)C(=O)O. The summed E-state index contributed by atoms with van der Waals surface area (Å²) in [7, 11) is 0. The number of nitrogens with one attached hydrogen (secondary N) is 2. The largest absolute Gasteiger partial charge is 0.480 e. The van der Waals surface area contributed by atoms with Gasteiger partial charge in [-0.25, -0.2) is 14.4 Å². The van der Waals surface area contributed by atoms with Crippen LogP contribution in [0.15, 0.2) is 12.7 Å². The number of hydrogen-bond acceptors (Lipinski definition) is 5. The Hall–Kier alpha value is -2.25. The molecule has 138 valence electrons. The molecule has 0 aromatic carbocycles. The van der Waals surface area contributed by atoms with E-state index in [1.807, 2.05) is 0 Å². The second kappa shape index (κ2) is 11.3. The number of alkyl carbamates (subject to hydrolysis) is 2. The Balaban J connectivity index is 4.04. The molecule has 0 spiro atoms. The third kappa shape index (κ3) is 12.3. The molecule has 24 heavy (non-hydrogen) atoms. The minimum atomic E-state index is -1.16. The van der Waals surface area contributed by atoms with Gasteiger partial charge in [0, 0.05) is 6.54 Å². The number of carbonyl (C=O) groups excluding carboxylic acids is 2. The van der Waals surface area contributed by atoms with E-state index in [0.717, 1.165) is 0 Å². The van der Waals surface area contributed by atoms with Gasteiger partial charge in [0.05, 0.1) is 6.61 Å². The van der Waals surface area contributed by atoms with Crippen LogP contribution in [0.1, 0.15) is 46.5 Å². The van der Waals surface area contributed by atoms with Gasteiger partial charge in [0.15, 0.2) is 0 Å². The van der Waals surface area contributed by atoms with Crippen molar-refractivity contribution in [1.29, 1.82) is 0 Å². The predicted molar refractivity (Wildman–Crippen MR) is 88.8 cm³/mol. The average Bonchev–Trinajstić information content (AvgIpc) is 2.44. The number of aliphatic carboxylic acids is 1. The maximum absolute atomic E-state index is 11.5. The highest BCUT2D eigenvalue weighted by atomic mass is 16.6. The molecule has 0 unspecified atom stereocenters. The molecule has 0 bridgehead atoms. The van der Waals surface area contributed by atoms with Crippen molar-refractivity contribution in [3.8, 4) is 0 Å². The van der Waals surface area contributed by atoms with E-state index >= 15 is 0 Å². The highest BCUT2D eigenvalue weighted by molar-refractivity contribution is 5.79. The first-order valence-corrected chi connectivity index (χ1v) is 7.89. The van der Waals surface area contributed by atoms with E-state index in [9.17, 15) is 14.4 Å². The van der Waals surface area contributed by atoms with Gasteiger partial charge < -0.3 is 25.2 Å². The Morgan fingerprint density at radius 3 is 2.42 bits per heavy atom. The molecule has 0 aliphatic rings. The van der Waals surface area contributed by atoms with Gasteiger partial charge in [-0.3, -0.25) is 0 Å². The van der Waals surface area contributed by atoms with E-state index in [0.29, 0.717) is 19.3 Å². The van der Waals surface area contributed by atoms with E-state index in [2.05, 4.69) is 17.2 Å². The summed E-state index contributed by atoms with van der Waals surface area (Å²) in [5.41, 5.74) is -0.593. The zero-order valence-electron chi connectivity index (χ0n) is 14.6. The molecule has 3 N–H and O–H groups in total. The van der Waals surface area contributed by atoms with Crippen molar-refractivity contribution in [2.75, 3.05) is 13.2 Å². The first kappa shape index (κ1) is 21.8. The van der Waals surface area contributed by atoms with Crippen LogP contribution < -0.4 is 10.6 Å². The van der Waals surface area contributed by atoms with Crippen LogP contribution >= 0.6 is 0 Å². The number of ether oxygens (including phenoxy) is 2. The highest BCUT2D eigenvalue weighted by Gasteiger charge is 2.20. The van der Waals surface area contributed by atoms with Gasteiger partial charge in [0.2, 0.25) is 0 Å². The first-order valence-electron chi connectivity index (χ1n) is 7.89. The Bertz CT molecular complexity index is 431. The maximum atomic E-state index is 11.5. The molecule has 0 aliphatic carbocycles. The van der Waals surface area contributed by atoms with Crippen molar-refractivity contribution in [3.05, 3.63) is 12.7 Å². The van der Waals surface area contributed by atoms with Gasteiger partial charge in [-0.1, -0.05) is 6.08 Å². The summed E-state index contributed by atoms with van der Waals surface area (Å²) in [6.45, 7) is 9.24. The summed E-state index contributed by atoms with van der Waals surface area (Å²) in [5.74, 6) is -1.16. The predicted octanol–water partition coefficient (Wildman–Crippen LogP) is 2.44. The van der Waals surface area contributed by atoms with Gasteiger partial charge in [0.1, 0.15) is 11.6 Å². The van der Waals surface area contributed by atoms with Crippen molar-refractivity contribution in [2.45, 2.75) is 58.1 Å². The third-order valence-electron chi connectivity index (χ3n) is 2.71. The molecule has 0 saturated heterocycles. The Kier molecular flexibility index (Phi) is 10.3. The van der Waals surface area contributed by atoms with Crippen LogP contribution in [-0.2, 0) is 14.3 Å². The normalized spacial score (nSPS) is 12.0. The molecule has 8 nitrogen and oxygen atoms in total. The standard InChI is InChI=1S/C16H28N2O6/c1-5-6-7-11-23-15(22)18-12(13(19)20)9-8-10-17-14(21)24-16(2,3)4/h5,12H,1,6-11H2,2-4H3,(H,17,21)(H,18,22)(H,19,20)/t12-/m0/s1. The van der Waals surface area contributed by atoms with Crippen LogP contribution in [0.3, 0.4) is 0 Å². The van der Waals surface area contributed by atoms with Crippen molar-refractivity contribution >= 4 is 18.2 Å². The number of allylic oxidation sites excluding steroid dienone is 1. The molecule has 0 saturated carbocycles. The number of carbonyl (C=O) groups is 3. The highest BCUT2D eigenvalue weighted by Crippen LogP contribution is 2.06. The second-order valence-electron chi connectivity index (χ2n) is 6.17. The van der Waals surface area contributed by atoms with E-state index in [1.54, 1.807) is 26.8 Å². The Labute approximate surface area is 142 Å². The average molecular weight is 344 g/mol. The van der Waals surface area contributed by atoms with Crippen LogP contribution in [0.2, 0.25) is 0 Å². The fourth-order valence-corrected chi connectivity index (χ4v) is 1.64. The minimum Gasteiger partial charge on any atom is -0.480 e. The van der Waals surface area contributed by atoms with Crippen LogP contribution in [-0.4, -0.2) is 48.1 Å². The zero-order valence-corrected chi connectivity index (χ0v) is 14.6. The van der Waals surface area contributed by atoms with Crippen molar-refractivity contribution in [3.63, 3.8) is 0 Å². The van der Waals surface area contributed by atoms with Crippen molar-refractivity contribution in [2.24, 2.45) is 0 Å². The Morgan fingerprint density at radius 2 is 1.88 bits per heavy atom. The lowest BCUT2D eigenvalue weighted by molar-refractivity contribution is -0.139. The molecule has 0 fully saturated rings. The number of rotatable bonds is 10. The molecule has 0 radical (unpaired) electrons. The first-order chi connectivity index (χ1) is 11.2. The summed E-state index contributed by atoms with van der Waals surface area (Å²) in [6.07, 6.45) is 2.25. The van der Waals surface area contributed by atoms with Gasteiger partial charge >= 0.3 is 18.2 Å². The number of unbranched alkanes of at least 4 members (excludes halogenated alkanes) is 1. The fraction of sp³-hybridized carbons (Fsp3) is 0.688. The topological polar surface area (TPSA) is 114 Å².